The maximum Gasteiger partial charge on any atom is 0.260 e. The molecule has 1 heterocycles. The molecule has 0 unspecified atom stereocenters. The van der Waals surface area contributed by atoms with Gasteiger partial charge in [-0.25, -0.2) is 4.98 Å². The summed E-state index contributed by atoms with van der Waals surface area (Å²) < 4.78 is 0.799. The van der Waals surface area contributed by atoms with Crippen LogP contribution in [0.4, 0.5) is 5.82 Å². The molecule has 0 bridgehead atoms. The van der Waals surface area contributed by atoms with E-state index in [1.54, 1.807) is 18.3 Å². The van der Waals surface area contributed by atoms with Crippen LogP contribution in [0.5, 0.6) is 5.75 Å². The Morgan fingerprint density at radius 1 is 1.33 bits per heavy atom. The molecule has 0 aliphatic rings. The Morgan fingerprint density at radius 3 is 2.78 bits per heavy atom. The van der Waals surface area contributed by atoms with Crippen molar-refractivity contribution in [1.82, 2.24) is 4.98 Å². The van der Waals surface area contributed by atoms with E-state index in [-0.39, 0.29) is 11.3 Å². The molecule has 0 atom stereocenters. The van der Waals surface area contributed by atoms with E-state index in [2.05, 4.69) is 26.2 Å². The van der Waals surface area contributed by atoms with Crippen molar-refractivity contribution in [1.29, 1.82) is 0 Å². The van der Waals surface area contributed by atoms with Gasteiger partial charge in [-0.15, -0.1) is 0 Å². The van der Waals surface area contributed by atoms with Gasteiger partial charge in [0, 0.05) is 15.7 Å². The average Bonchev–Trinajstić information content (AvgIpc) is 2.28. The van der Waals surface area contributed by atoms with Crippen molar-refractivity contribution in [2.45, 2.75) is 0 Å². The van der Waals surface area contributed by atoms with Crippen LogP contribution in [-0.4, -0.2) is 16.0 Å². The maximum atomic E-state index is 11.9. The number of carbonyl (C=O) groups excluding carboxylic acids is 1. The van der Waals surface area contributed by atoms with Gasteiger partial charge in [0.2, 0.25) is 0 Å². The van der Waals surface area contributed by atoms with E-state index in [4.69, 9.17) is 11.6 Å². The third kappa shape index (κ3) is 3.00. The fraction of sp³-hybridized carbons (Fsp3) is 0. The highest BCUT2D eigenvalue weighted by Crippen LogP contribution is 2.23. The van der Waals surface area contributed by atoms with E-state index < -0.39 is 5.91 Å². The number of hydrogen-bond donors (Lipinski definition) is 2. The van der Waals surface area contributed by atoms with Gasteiger partial charge in [0.1, 0.15) is 11.6 Å². The number of pyridine rings is 1. The molecule has 0 saturated carbocycles. The van der Waals surface area contributed by atoms with E-state index >= 15 is 0 Å². The van der Waals surface area contributed by atoms with Crippen molar-refractivity contribution in [2.75, 3.05) is 5.32 Å². The summed E-state index contributed by atoms with van der Waals surface area (Å²) >= 11 is 8.97. The molecule has 2 N–H and O–H groups in total. The summed E-state index contributed by atoms with van der Waals surface area (Å²) in [5.41, 5.74) is 0.140. The number of nitrogens with zero attached hydrogens (tertiary/aromatic N) is 1. The van der Waals surface area contributed by atoms with Gasteiger partial charge in [-0.2, -0.15) is 0 Å². The van der Waals surface area contributed by atoms with Crippen molar-refractivity contribution >= 4 is 39.3 Å². The van der Waals surface area contributed by atoms with Gasteiger partial charge in [-0.1, -0.05) is 27.5 Å². The van der Waals surface area contributed by atoms with Crippen molar-refractivity contribution in [3.63, 3.8) is 0 Å². The lowest BCUT2D eigenvalue weighted by Crippen LogP contribution is -2.13. The predicted molar refractivity (Wildman–Crippen MR) is 73.0 cm³/mol. The number of amides is 1. The first-order valence-electron chi connectivity index (χ1n) is 4.97. The minimum Gasteiger partial charge on any atom is -0.507 e. The number of phenolic OH excluding ortho intramolecular Hbond substituents is 1. The maximum absolute atomic E-state index is 11.9. The van der Waals surface area contributed by atoms with Crippen LogP contribution in [0.15, 0.2) is 41.0 Å². The highest BCUT2D eigenvalue weighted by molar-refractivity contribution is 9.10. The average molecular weight is 328 g/mol. The number of hydrogen-bond acceptors (Lipinski definition) is 3. The van der Waals surface area contributed by atoms with Gasteiger partial charge in [-0.05, 0) is 30.3 Å². The first-order chi connectivity index (χ1) is 8.56. The summed E-state index contributed by atoms with van der Waals surface area (Å²) in [6, 6.07) is 7.70. The summed E-state index contributed by atoms with van der Waals surface area (Å²) in [7, 11) is 0. The molecule has 1 amide bonds. The second-order valence-electron chi connectivity index (χ2n) is 3.47. The molecule has 0 aliphatic heterocycles. The highest BCUT2D eigenvalue weighted by atomic mass is 79.9. The molecular weight excluding hydrogens is 320 g/mol. The molecule has 1 aromatic carbocycles. The molecule has 0 radical (unpaired) electrons. The second-order valence-corrected chi connectivity index (χ2v) is 4.83. The van der Waals surface area contributed by atoms with Crippen LogP contribution in [0.2, 0.25) is 5.02 Å². The standard InChI is InChI=1S/C12H8BrClN2O2/c13-7-3-4-15-11(5-7)16-12(18)9-2-1-8(14)6-10(9)17/h1-6,17H,(H,15,16,18). The minimum atomic E-state index is -0.449. The first-order valence-corrected chi connectivity index (χ1v) is 6.15. The Morgan fingerprint density at radius 2 is 2.11 bits per heavy atom. The molecule has 0 fully saturated rings. The van der Waals surface area contributed by atoms with Crippen LogP contribution in [0.3, 0.4) is 0 Å². The SMILES string of the molecule is O=C(Nc1cc(Br)ccn1)c1ccc(Cl)cc1O. The molecule has 2 rings (SSSR count). The van der Waals surface area contributed by atoms with Gasteiger partial charge in [0.25, 0.3) is 5.91 Å². The third-order valence-electron chi connectivity index (χ3n) is 2.17. The number of benzene rings is 1. The Labute approximate surface area is 117 Å². The summed E-state index contributed by atoms with van der Waals surface area (Å²) in [5.74, 6) is -0.228. The summed E-state index contributed by atoms with van der Waals surface area (Å²) in [5, 5.41) is 12.6. The Hall–Kier alpha value is -1.59. The molecule has 2 aromatic rings. The summed E-state index contributed by atoms with van der Waals surface area (Å²) in [4.78, 5) is 15.9. The Kier molecular flexibility index (Phi) is 3.84. The number of aromatic hydroxyl groups is 1. The molecule has 6 heteroatoms. The topological polar surface area (TPSA) is 62.2 Å². The van der Waals surface area contributed by atoms with Crippen LogP contribution < -0.4 is 5.32 Å². The van der Waals surface area contributed by atoms with Crippen LogP contribution in [0, 0.1) is 0 Å². The van der Waals surface area contributed by atoms with E-state index in [0.29, 0.717) is 10.8 Å². The number of phenols is 1. The smallest absolute Gasteiger partial charge is 0.260 e. The first kappa shape index (κ1) is 12.9. The van der Waals surface area contributed by atoms with Crippen molar-refractivity contribution in [2.24, 2.45) is 0 Å². The lowest BCUT2D eigenvalue weighted by atomic mass is 10.2. The molecule has 92 valence electrons. The largest absolute Gasteiger partial charge is 0.507 e. The molecule has 0 aliphatic carbocycles. The molecule has 18 heavy (non-hydrogen) atoms. The van der Waals surface area contributed by atoms with Gasteiger partial charge >= 0.3 is 0 Å². The Balaban J connectivity index is 2.22. The van der Waals surface area contributed by atoms with Crippen molar-refractivity contribution in [3.8, 4) is 5.75 Å². The van der Waals surface area contributed by atoms with Gasteiger partial charge < -0.3 is 10.4 Å². The van der Waals surface area contributed by atoms with Crippen molar-refractivity contribution < 1.29 is 9.90 Å². The zero-order chi connectivity index (χ0) is 13.1. The lowest BCUT2D eigenvalue weighted by Gasteiger charge is -2.06. The van der Waals surface area contributed by atoms with E-state index in [1.165, 1.54) is 18.2 Å². The number of carbonyl (C=O) groups is 1. The molecule has 0 spiro atoms. The Bertz CT molecular complexity index is 604. The number of halogens is 2. The number of anilines is 1. The molecule has 4 nitrogen and oxygen atoms in total. The fourth-order valence-electron chi connectivity index (χ4n) is 1.35. The van der Waals surface area contributed by atoms with Gasteiger partial charge in [0.05, 0.1) is 5.56 Å². The minimum absolute atomic E-state index is 0.140. The highest BCUT2D eigenvalue weighted by Gasteiger charge is 2.12. The summed E-state index contributed by atoms with van der Waals surface area (Å²) in [6.45, 7) is 0. The van der Waals surface area contributed by atoms with Crippen molar-refractivity contribution in [3.05, 3.63) is 51.6 Å². The monoisotopic (exact) mass is 326 g/mol. The van der Waals surface area contributed by atoms with Crippen LogP contribution in [0.25, 0.3) is 0 Å². The molecule has 0 saturated heterocycles. The van der Waals surface area contributed by atoms with E-state index in [1.807, 2.05) is 0 Å². The van der Waals surface area contributed by atoms with E-state index in [0.717, 1.165) is 4.47 Å². The number of aromatic nitrogens is 1. The normalized spacial score (nSPS) is 10.1. The predicted octanol–water partition coefficient (Wildman–Crippen LogP) is 3.46. The summed E-state index contributed by atoms with van der Waals surface area (Å²) in [6.07, 6.45) is 1.56. The van der Waals surface area contributed by atoms with Gasteiger partial charge in [-0.3, -0.25) is 4.79 Å². The quantitative estimate of drug-likeness (QED) is 0.888. The van der Waals surface area contributed by atoms with Crippen LogP contribution >= 0.6 is 27.5 Å². The fourth-order valence-corrected chi connectivity index (χ4v) is 1.85. The molecular formula is C12H8BrClN2O2. The number of rotatable bonds is 2. The van der Waals surface area contributed by atoms with Gasteiger partial charge in [0.15, 0.2) is 0 Å². The zero-order valence-electron chi connectivity index (χ0n) is 9.02. The van der Waals surface area contributed by atoms with Crippen LogP contribution in [0.1, 0.15) is 10.4 Å². The van der Waals surface area contributed by atoms with Crippen LogP contribution in [-0.2, 0) is 0 Å². The lowest BCUT2D eigenvalue weighted by molar-refractivity contribution is 0.102. The third-order valence-corrected chi connectivity index (χ3v) is 2.90. The second kappa shape index (κ2) is 5.37. The zero-order valence-corrected chi connectivity index (χ0v) is 11.4. The molecule has 1 aromatic heterocycles. The van der Waals surface area contributed by atoms with E-state index in [9.17, 15) is 9.90 Å². The number of nitrogens with one attached hydrogen (secondary N) is 1.